The van der Waals surface area contributed by atoms with Crippen molar-refractivity contribution in [2.45, 2.75) is 6.92 Å². The van der Waals surface area contributed by atoms with Gasteiger partial charge in [-0.1, -0.05) is 78.4 Å². The molecule has 4 aromatic carbocycles. The molecule has 1 unspecified atom stereocenters. The molecule has 3 nitrogen and oxygen atoms in total. The Morgan fingerprint density at radius 1 is 0.750 bits per heavy atom. The van der Waals surface area contributed by atoms with Crippen molar-refractivity contribution in [2.24, 2.45) is 0 Å². The molecule has 0 aliphatic carbocycles. The van der Waals surface area contributed by atoms with E-state index >= 15 is 0 Å². The Morgan fingerprint density at radius 3 is 2.00 bits per heavy atom. The summed E-state index contributed by atoms with van der Waals surface area (Å²) in [4.78, 5) is 0. The SMILES string of the molecule is COc1ccc(P2(=O)OC(c3ccccc3)=C(c3ccccc3)c3cc(C)ccc32)cc1. The molecule has 0 amide bonds. The Bertz CT molecular complexity index is 1340. The van der Waals surface area contributed by atoms with E-state index < -0.39 is 7.37 Å². The molecule has 158 valence electrons. The average Bonchev–Trinajstić information content (AvgIpc) is 2.85. The lowest BCUT2D eigenvalue weighted by molar-refractivity contribution is 0.415. The summed E-state index contributed by atoms with van der Waals surface area (Å²) < 4.78 is 26.5. The second-order valence-electron chi connectivity index (χ2n) is 7.80. The van der Waals surface area contributed by atoms with E-state index in [1.807, 2.05) is 84.9 Å². The number of fused-ring (bicyclic) bond motifs is 1. The van der Waals surface area contributed by atoms with E-state index in [2.05, 4.69) is 25.1 Å². The van der Waals surface area contributed by atoms with Crippen LogP contribution < -0.4 is 15.3 Å². The normalized spacial score (nSPS) is 17.4. The molecule has 0 bridgehead atoms. The Balaban J connectivity index is 1.83. The highest BCUT2D eigenvalue weighted by molar-refractivity contribution is 7.74. The van der Waals surface area contributed by atoms with Crippen LogP contribution >= 0.6 is 7.37 Å². The van der Waals surface area contributed by atoms with Crippen molar-refractivity contribution in [1.82, 2.24) is 0 Å². The smallest absolute Gasteiger partial charge is 0.307 e. The first-order valence-electron chi connectivity index (χ1n) is 10.5. The summed E-state index contributed by atoms with van der Waals surface area (Å²) in [5, 5.41) is 1.36. The van der Waals surface area contributed by atoms with Gasteiger partial charge in [0.05, 0.1) is 17.7 Å². The largest absolute Gasteiger partial charge is 0.497 e. The lowest BCUT2D eigenvalue weighted by Gasteiger charge is -2.32. The molecular formula is C28H23O3P. The van der Waals surface area contributed by atoms with Crippen LogP contribution in [0.1, 0.15) is 22.3 Å². The van der Waals surface area contributed by atoms with Crippen molar-refractivity contribution in [3.63, 3.8) is 0 Å². The van der Waals surface area contributed by atoms with Crippen LogP contribution in [0, 0.1) is 6.92 Å². The highest BCUT2D eigenvalue weighted by Crippen LogP contribution is 2.56. The van der Waals surface area contributed by atoms with Crippen molar-refractivity contribution in [1.29, 1.82) is 0 Å². The number of ether oxygens (including phenoxy) is 1. The first-order valence-corrected chi connectivity index (χ1v) is 12.1. The Kier molecular flexibility index (Phi) is 5.20. The Hall–Kier alpha value is -3.55. The maximum Gasteiger partial charge on any atom is 0.307 e. The summed E-state index contributed by atoms with van der Waals surface area (Å²) in [6.45, 7) is 2.05. The van der Waals surface area contributed by atoms with Gasteiger partial charge in [-0.25, -0.2) is 0 Å². The number of benzene rings is 4. The first kappa shape index (κ1) is 20.4. The second-order valence-corrected chi connectivity index (χ2v) is 10.1. The summed E-state index contributed by atoms with van der Waals surface area (Å²) in [5.74, 6) is 1.35. The molecule has 0 saturated heterocycles. The number of rotatable bonds is 4. The van der Waals surface area contributed by atoms with Gasteiger partial charge in [-0.2, -0.15) is 0 Å². The van der Waals surface area contributed by atoms with E-state index in [0.717, 1.165) is 27.8 Å². The van der Waals surface area contributed by atoms with Gasteiger partial charge in [-0.05, 0) is 42.8 Å². The molecule has 0 N–H and O–H groups in total. The number of hydrogen-bond donors (Lipinski definition) is 0. The summed E-state index contributed by atoms with van der Waals surface area (Å²) in [6, 6.07) is 33.4. The fourth-order valence-electron chi connectivity index (χ4n) is 4.10. The van der Waals surface area contributed by atoms with Crippen LogP contribution in [0.3, 0.4) is 0 Å². The van der Waals surface area contributed by atoms with Crippen molar-refractivity contribution >= 4 is 29.3 Å². The van der Waals surface area contributed by atoms with Crippen LogP contribution in [0.4, 0.5) is 0 Å². The predicted octanol–water partition coefficient (Wildman–Crippen LogP) is 6.18. The number of hydrogen-bond acceptors (Lipinski definition) is 3. The molecule has 1 atom stereocenters. The lowest BCUT2D eigenvalue weighted by Crippen LogP contribution is -2.25. The predicted molar refractivity (Wildman–Crippen MR) is 131 cm³/mol. The molecule has 1 aliphatic heterocycles. The Morgan fingerprint density at radius 2 is 1.38 bits per heavy atom. The quantitative estimate of drug-likeness (QED) is 0.357. The van der Waals surface area contributed by atoms with E-state index in [4.69, 9.17) is 9.26 Å². The third-order valence-corrected chi connectivity index (χ3v) is 8.14. The van der Waals surface area contributed by atoms with Gasteiger partial charge in [0.25, 0.3) is 0 Å². The minimum absolute atomic E-state index is 0.633. The standard InChI is InChI=1S/C28H23O3P/c1-20-13-18-26-25(19-20)27(21-9-5-3-6-10-21)28(22-11-7-4-8-12-22)31-32(26,29)24-16-14-23(30-2)15-17-24/h3-19H,1-2H3. The van der Waals surface area contributed by atoms with E-state index in [1.165, 1.54) is 0 Å². The first-order chi connectivity index (χ1) is 15.6. The van der Waals surface area contributed by atoms with Crippen molar-refractivity contribution in [2.75, 3.05) is 7.11 Å². The zero-order valence-corrected chi connectivity index (χ0v) is 18.9. The van der Waals surface area contributed by atoms with Gasteiger partial charge in [0.1, 0.15) is 11.5 Å². The summed E-state index contributed by atoms with van der Waals surface area (Å²) in [5.41, 5.74) is 4.93. The maximum absolute atomic E-state index is 14.6. The van der Waals surface area contributed by atoms with E-state index in [9.17, 15) is 4.57 Å². The maximum atomic E-state index is 14.6. The molecule has 0 fully saturated rings. The fourth-order valence-corrected chi connectivity index (χ4v) is 6.34. The molecule has 0 spiro atoms. The molecule has 1 heterocycles. The minimum Gasteiger partial charge on any atom is -0.497 e. The van der Waals surface area contributed by atoms with E-state index in [0.29, 0.717) is 22.1 Å². The third-order valence-electron chi connectivity index (χ3n) is 5.70. The summed E-state index contributed by atoms with van der Waals surface area (Å²) >= 11 is 0. The van der Waals surface area contributed by atoms with Gasteiger partial charge in [0, 0.05) is 16.7 Å². The van der Waals surface area contributed by atoms with E-state index in [-0.39, 0.29) is 0 Å². The molecule has 1 aliphatic rings. The zero-order valence-electron chi connectivity index (χ0n) is 18.0. The van der Waals surface area contributed by atoms with Crippen LogP contribution in [0.25, 0.3) is 11.3 Å². The number of methoxy groups -OCH3 is 1. The monoisotopic (exact) mass is 438 g/mol. The van der Waals surface area contributed by atoms with Gasteiger partial charge in [-0.15, -0.1) is 0 Å². The fraction of sp³-hybridized carbons (Fsp3) is 0.0714. The highest BCUT2D eigenvalue weighted by Gasteiger charge is 2.40. The van der Waals surface area contributed by atoms with Crippen LogP contribution in [0.2, 0.25) is 0 Å². The van der Waals surface area contributed by atoms with E-state index in [1.54, 1.807) is 7.11 Å². The molecular weight excluding hydrogens is 415 g/mol. The van der Waals surface area contributed by atoms with Crippen LogP contribution in [-0.4, -0.2) is 7.11 Å². The topological polar surface area (TPSA) is 35.5 Å². The number of aryl methyl sites for hydroxylation is 1. The van der Waals surface area contributed by atoms with Gasteiger partial charge in [0.2, 0.25) is 0 Å². The molecule has 5 rings (SSSR count). The molecule has 4 aromatic rings. The minimum atomic E-state index is -3.40. The average molecular weight is 438 g/mol. The molecule has 0 saturated carbocycles. The second kappa shape index (κ2) is 8.18. The summed E-state index contributed by atoms with van der Waals surface area (Å²) in [7, 11) is -1.78. The lowest BCUT2D eigenvalue weighted by atomic mass is 9.93. The molecule has 0 aromatic heterocycles. The summed E-state index contributed by atoms with van der Waals surface area (Å²) in [6.07, 6.45) is 0. The van der Waals surface area contributed by atoms with Crippen LogP contribution in [0.15, 0.2) is 103 Å². The third kappa shape index (κ3) is 3.45. The van der Waals surface area contributed by atoms with Crippen molar-refractivity contribution in [3.8, 4) is 5.75 Å². The van der Waals surface area contributed by atoms with Crippen molar-refractivity contribution < 1.29 is 13.8 Å². The van der Waals surface area contributed by atoms with Gasteiger partial charge in [0.15, 0.2) is 0 Å². The Labute approximate surface area is 188 Å². The highest BCUT2D eigenvalue weighted by atomic mass is 31.2. The molecule has 4 heteroatoms. The van der Waals surface area contributed by atoms with Crippen LogP contribution in [-0.2, 0) is 9.09 Å². The van der Waals surface area contributed by atoms with Gasteiger partial charge < -0.3 is 9.26 Å². The van der Waals surface area contributed by atoms with Gasteiger partial charge in [-0.3, -0.25) is 4.57 Å². The van der Waals surface area contributed by atoms with Gasteiger partial charge >= 0.3 is 7.37 Å². The zero-order chi connectivity index (χ0) is 22.1. The molecule has 0 radical (unpaired) electrons. The van der Waals surface area contributed by atoms with Crippen molar-refractivity contribution in [3.05, 3.63) is 125 Å². The molecule has 32 heavy (non-hydrogen) atoms. The van der Waals surface area contributed by atoms with Crippen LogP contribution in [0.5, 0.6) is 5.75 Å².